The van der Waals surface area contributed by atoms with Gasteiger partial charge in [-0.2, -0.15) is 0 Å². The molecule has 1 N–H and O–H groups in total. The fraction of sp³-hybridized carbons (Fsp3) is 0.913. The number of hydrogen-bond donors (Lipinski definition) is 1. The first-order chi connectivity index (χ1) is 12.7. The van der Waals surface area contributed by atoms with Crippen molar-refractivity contribution < 1.29 is 19.3 Å². The van der Waals surface area contributed by atoms with Crippen LogP contribution in [0.4, 0.5) is 0 Å². The molecule has 3 aliphatic carbocycles. The van der Waals surface area contributed by atoms with E-state index in [4.69, 9.17) is 14.2 Å². The molecule has 0 aromatic heterocycles. The van der Waals surface area contributed by atoms with Crippen LogP contribution >= 0.6 is 0 Å². The van der Waals surface area contributed by atoms with Crippen molar-refractivity contribution in [2.75, 3.05) is 6.61 Å². The number of fused-ring (bicyclic) bond motifs is 8. The zero-order chi connectivity index (χ0) is 19.2. The summed E-state index contributed by atoms with van der Waals surface area (Å²) in [7, 11) is 0. The van der Waals surface area contributed by atoms with Gasteiger partial charge < -0.3 is 19.3 Å². The standard InChI is InChI=1S/C23H36O4/c1-6-17-26-19-18-13(2)7-10-23(24,21(18,3)4)11-15-14-12-25-16(14)8-9-22(15,5)20(19)27-17/h6,13-20,24H,1,7-12H2,2-5H3. The second kappa shape index (κ2) is 5.81. The second-order valence-corrected chi connectivity index (χ2v) is 10.9. The van der Waals surface area contributed by atoms with Crippen LogP contribution in [0.1, 0.15) is 59.8 Å². The normalized spacial score (nSPS) is 58.7. The molecule has 2 aliphatic heterocycles. The van der Waals surface area contributed by atoms with Gasteiger partial charge in [-0.05, 0) is 66.8 Å². The third-order valence-corrected chi connectivity index (χ3v) is 9.60. The van der Waals surface area contributed by atoms with Crippen molar-refractivity contribution in [1.82, 2.24) is 0 Å². The predicted octanol–water partition coefficient (Wildman–Crippen LogP) is 3.92. The van der Waals surface area contributed by atoms with E-state index in [0.29, 0.717) is 29.8 Å². The number of ether oxygens (including phenoxy) is 3. The van der Waals surface area contributed by atoms with Crippen molar-refractivity contribution in [3.63, 3.8) is 0 Å². The van der Waals surface area contributed by atoms with Crippen LogP contribution in [0.5, 0.6) is 0 Å². The van der Waals surface area contributed by atoms with Crippen LogP contribution in [0.25, 0.3) is 0 Å². The molecular weight excluding hydrogens is 340 g/mol. The summed E-state index contributed by atoms with van der Waals surface area (Å²) in [5.41, 5.74) is -0.826. The molecule has 0 amide bonds. The highest BCUT2D eigenvalue weighted by Gasteiger charge is 2.67. The van der Waals surface area contributed by atoms with E-state index in [0.717, 1.165) is 38.7 Å². The van der Waals surface area contributed by atoms with Crippen molar-refractivity contribution in [3.05, 3.63) is 12.7 Å². The lowest BCUT2D eigenvalue weighted by atomic mass is 9.45. The van der Waals surface area contributed by atoms with E-state index >= 15 is 0 Å². The van der Waals surface area contributed by atoms with Crippen LogP contribution in [0.2, 0.25) is 0 Å². The molecule has 0 spiro atoms. The Balaban J connectivity index is 1.64. The summed E-state index contributed by atoms with van der Waals surface area (Å²) in [5, 5.41) is 12.0. The molecule has 152 valence electrons. The Morgan fingerprint density at radius 1 is 1.11 bits per heavy atom. The molecule has 27 heavy (non-hydrogen) atoms. The summed E-state index contributed by atoms with van der Waals surface area (Å²) in [6.45, 7) is 14.1. The third kappa shape index (κ3) is 2.30. The van der Waals surface area contributed by atoms with Crippen molar-refractivity contribution >= 4 is 0 Å². The maximum Gasteiger partial charge on any atom is 0.177 e. The van der Waals surface area contributed by atoms with Gasteiger partial charge in [0.2, 0.25) is 0 Å². The summed E-state index contributed by atoms with van der Waals surface area (Å²) < 4.78 is 18.9. The van der Waals surface area contributed by atoms with Crippen molar-refractivity contribution in [2.24, 2.45) is 34.5 Å². The van der Waals surface area contributed by atoms with E-state index in [2.05, 4.69) is 34.3 Å². The first kappa shape index (κ1) is 18.6. The van der Waals surface area contributed by atoms with E-state index < -0.39 is 5.60 Å². The molecule has 5 aliphatic rings. The smallest absolute Gasteiger partial charge is 0.177 e. The van der Waals surface area contributed by atoms with Gasteiger partial charge in [0.05, 0.1) is 30.5 Å². The first-order valence-corrected chi connectivity index (χ1v) is 11.0. The Hall–Kier alpha value is -0.420. The van der Waals surface area contributed by atoms with Crippen molar-refractivity contribution in [3.8, 4) is 0 Å². The summed E-state index contributed by atoms with van der Waals surface area (Å²) in [5.74, 6) is 1.78. The lowest BCUT2D eigenvalue weighted by Crippen LogP contribution is -2.68. The van der Waals surface area contributed by atoms with Gasteiger partial charge in [0.15, 0.2) is 6.29 Å². The van der Waals surface area contributed by atoms with Gasteiger partial charge in [-0.1, -0.05) is 34.3 Å². The fourth-order valence-electron chi connectivity index (χ4n) is 7.73. The molecule has 2 bridgehead atoms. The van der Waals surface area contributed by atoms with Crippen LogP contribution in [0, 0.1) is 34.5 Å². The number of aliphatic hydroxyl groups is 1. The maximum atomic E-state index is 12.0. The highest BCUT2D eigenvalue weighted by Crippen LogP contribution is 2.65. The van der Waals surface area contributed by atoms with Crippen LogP contribution < -0.4 is 0 Å². The van der Waals surface area contributed by atoms with Crippen LogP contribution in [-0.2, 0) is 14.2 Å². The summed E-state index contributed by atoms with van der Waals surface area (Å²) in [6.07, 6.45) is 6.96. The molecule has 4 nitrogen and oxygen atoms in total. The third-order valence-electron chi connectivity index (χ3n) is 9.60. The molecule has 5 fully saturated rings. The molecule has 10 unspecified atom stereocenters. The molecule has 0 aromatic rings. The number of hydrogen-bond acceptors (Lipinski definition) is 4. The molecule has 2 heterocycles. The van der Waals surface area contributed by atoms with Gasteiger partial charge in [-0.15, -0.1) is 0 Å². The number of rotatable bonds is 1. The lowest BCUT2D eigenvalue weighted by molar-refractivity contribution is -0.260. The molecular formula is C23H36O4. The van der Waals surface area contributed by atoms with Crippen LogP contribution in [0.15, 0.2) is 12.7 Å². The summed E-state index contributed by atoms with van der Waals surface area (Å²) in [4.78, 5) is 0. The highest BCUT2D eigenvalue weighted by molar-refractivity contribution is 5.16. The van der Waals surface area contributed by atoms with Gasteiger partial charge in [0.1, 0.15) is 0 Å². The van der Waals surface area contributed by atoms with E-state index in [1.807, 2.05) is 0 Å². The Labute approximate surface area is 163 Å². The van der Waals surface area contributed by atoms with E-state index in [9.17, 15) is 5.11 Å². The van der Waals surface area contributed by atoms with E-state index in [1.165, 1.54) is 0 Å². The Morgan fingerprint density at radius 2 is 1.89 bits per heavy atom. The maximum absolute atomic E-state index is 12.0. The average molecular weight is 377 g/mol. The quantitative estimate of drug-likeness (QED) is 0.705. The van der Waals surface area contributed by atoms with E-state index in [-0.39, 0.29) is 29.3 Å². The van der Waals surface area contributed by atoms with Gasteiger partial charge in [-0.25, -0.2) is 0 Å². The fourth-order valence-corrected chi connectivity index (χ4v) is 7.73. The molecule has 5 rings (SSSR count). The van der Waals surface area contributed by atoms with Gasteiger partial charge >= 0.3 is 0 Å². The minimum absolute atomic E-state index is 0.0210. The Morgan fingerprint density at radius 3 is 2.56 bits per heavy atom. The molecule has 0 radical (unpaired) electrons. The topological polar surface area (TPSA) is 47.9 Å². The van der Waals surface area contributed by atoms with Gasteiger partial charge in [-0.3, -0.25) is 0 Å². The van der Waals surface area contributed by atoms with E-state index in [1.54, 1.807) is 6.08 Å². The van der Waals surface area contributed by atoms with Crippen LogP contribution in [-0.4, -0.2) is 41.9 Å². The van der Waals surface area contributed by atoms with Gasteiger partial charge in [0.25, 0.3) is 0 Å². The molecule has 4 heteroatoms. The largest absolute Gasteiger partial charge is 0.389 e. The minimum atomic E-state index is -0.645. The monoisotopic (exact) mass is 376 g/mol. The zero-order valence-corrected chi connectivity index (χ0v) is 17.3. The van der Waals surface area contributed by atoms with Gasteiger partial charge in [0, 0.05) is 5.92 Å². The zero-order valence-electron chi connectivity index (χ0n) is 17.3. The molecule has 2 saturated heterocycles. The first-order valence-electron chi connectivity index (χ1n) is 11.0. The second-order valence-electron chi connectivity index (χ2n) is 10.9. The molecule has 10 atom stereocenters. The summed E-state index contributed by atoms with van der Waals surface area (Å²) in [6, 6.07) is 0. The Bertz CT molecular complexity index is 632. The average Bonchev–Trinajstić information content (AvgIpc) is 3.00. The van der Waals surface area contributed by atoms with Crippen LogP contribution in [0.3, 0.4) is 0 Å². The highest BCUT2D eigenvalue weighted by atomic mass is 16.7. The molecule has 3 saturated carbocycles. The predicted molar refractivity (Wildman–Crippen MR) is 103 cm³/mol. The Kier molecular flexibility index (Phi) is 4.00. The van der Waals surface area contributed by atoms with Crippen molar-refractivity contribution in [2.45, 2.75) is 90.0 Å². The minimum Gasteiger partial charge on any atom is -0.389 e. The SMILES string of the molecule is C=CC1OC2C(O1)C1(C)CCC3OCC3C1CC1(O)CCC(C)C2C1(C)C. The molecule has 0 aromatic carbocycles. The van der Waals surface area contributed by atoms with Crippen molar-refractivity contribution in [1.29, 1.82) is 0 Å². The summed E-state index contributed by atoms with van der Waals surface area (Å²) >= 11 is 0. The lowest BCUT2D eigenvalue weighted by Gasteiger charge is -2.64.